The molecule has 1 amide bonds. The normalized spacial score (nSPS) is 8.55. The summed E-state index contributed by atoms with van der Waals surface area (Å²) in [6, 6.07) is 0. The lowest BCUT2D eigenvalue weighted by Gasteiger charge is -2.01. The molecule has 3 N–H and O–H groups in total. The summed E-state index contributed by atoms with van der Waals surface area (Å²) in [6.45, 7) is 1.52. The van der Waals surface area contributed by atoms with Crippen molar-refractivity contribution in [2.75, 3.05) is 26.8 Å². The number of carbonyl (C=O) groups is 1. The van der Waals surface area contributed by atoms with Gasteiger partial charge in [-0.15, -0.1) is 12.4 Å². The molecule has 0 aromatic carbocycles. The monoisotopic (exact) mass is 182 g/mol. The minimum absolute atomic E-state index is 0. The van der Waals surface area contributed by atoms with E-state index in [1.54, 1.807) is 7.11 Å². The number of halogens is 1. The molecular formula is C6H15ClN2O2. The topological polar surface area (TPSA) is 64.3 Å². The highest BCUT2D eigenvalue weighted by Gasteiger charge is 1.95. The first kappa shape index (κ1) is 13.3. The zero-order valence-electron chi connectivity index (χ0n) is 6.63. The van der Waals surface area contributed by atoms with Gasteiger partial charge in [0.1, 0.15) is 0 Å². The number of nitrogens with two attached hydrogens (primary N) is 1. The Labute approximate surface area is 72.9 Å². The van der Waals surface area contributed by atoms with Crippen molar-refractivity contribution < 1.29 is 9.53 Å². The molecule has 0 saturated heterocycles. The van der Waals surface area contributed by atoms with Crippen molar-refractivity contribution in [2.45, 2.75) is 6.42 Å². The quantitative estimate of drug-likeness (QED) is 0.565. The summed E-state index contributed by atoms with van der Waals surface area (Å²) in [5.74, 6) is -0.0143. The summed E-state index contributed by atoms with van der Waals surface area (Å²) in [6.07, 6.45) is 0.393. The summed E-state index contributed by atoms with van der Waals surface area (Å²) < 4.78 is 4.72. The molecule has 5 heteroatoms. The Morgan fingerprint density at radius 2 is 2.27 bits per heavy atom. The fraction of sp³-hybridized carbons (Fsp3) is 0.833. The van der Waals surface area contributed by atoms with Crippen LogP contribution in [0.25, 0.3) is 0 Å². The van der Waals surface area contributed by atoms with E-state index < -0.39 is 0 Å². The van der Waals surface area contributed by atoms with Gasteiger partial charge >= 0.3 is 0 Å². The Hall–Kier alpha value is -0.320. The predicted molar refractivity (Wildman–Crippen MR) is 45.8 cm³/mol. The minimum atomic E-state index is -0.0143. The SMILES string of the molecule is COCCNC(=O)CCN.Cl. The maximum absolute atomic E-state index is 10.7. The second kappa shape index (κ2) is 9.68. The molecular weight excluding hydrogens is 168 g/mol. The van der Waals surface area contributed by atoms with E-state index in [-0.39, 0.29) is 18.3 Å². The molecule has 0 unspecified atom stereocenters. The third-order valence-electron chi connectivity index (χ3n) is 1.000. The third-order valence-corrected chi connectivity index (χ3v) is 1.000. The molecule has 0 radical (unpaired) electrons. The number of hydrogen-bond acceptors (Lipinski definition) is 3. The lowest BCUT2D eigenvalue weighted by Crippen LogP contribution is -2.28. The van der Waals surface area contributed by atoms with E-state index in [0.29, 0.717) is 26.1 Å². The Morgan fingerprint density at radius 1 is 1.64 bits per heavy atom. The second-order valence-electron chi connectivity index (χ2n) is 1.88. The van der Waals surface area contributed by atoms with Gasteiger partial charge in [-0.05, 0) is 0 Å². The van der Waals surface area contributed by atoms with E-state index in [0.717, 1.165) is 0 Å². The number of ether oxygens (including phenoxy) is 1. The van der Waals surface area contributed by atoms with E-state index in [2.05, 4.69) is 5.32 Å². The van der Waals surface area contributed by atoms with Crippen LogP contribution in [0.5, 0.6) is 0 Å². The number of rotatable bonds is 5. The van der Waals surface area contributed by atoms with Gasteiger partial charge in [0, 0.05) is 26.6 Å². The van der Waals surface area contributed by atoms with E-state index in [9.17, 15) is 4.79 Å². The smallest absolute Gasteiger partial charge is 0.221 e. The third kappa shape index (κ3) is 9.68. The average molecular weight is 183 g/mol. The van der Waals surface area contributed by atoms with Gasteiger partial charge in [0.15, 0.2) is 0 Å². The van der Waals surface area contributed by atoms with Crippen LogP contribution in [0, 0.1) is 0 Å². The molecule has 0 aromatic rings. The Kier molecular flexibility index (Phi) is 11.7. The van der Waals surface area contributed by atoms with Gasteiger partial charge in [0.05, 0.1) is 6.61 Å². The highest BCUT2D eigenvalue weighted by molar-refractivity contribution is 5.85. The maximum Gasteiger partial charge on any atom is 0.221 e. The molecule has 0 atom stereocenters. The van der Waals surface area contributed by atoms with Crippen LogP contribution in [-0.2, 0) is 9.53 Å². The van der Waals surface area contributed by atoms with E-state index in [1.165, 1.54) is 0 Å². The molecule has 0 aliphatic heterocycles. The number of carbonyl (C=O) groups excluding carboxylic acids is 1. The van der Waals surface area contributed by atoms with Crippen LogP contribution in [0.3, 0.4) is 0 Å². The van der Waals surface area contributed by atoms with Crippen LogP contribution < -0.4 is 11.1 Å². The van der Waals surface area contributed by atoms with Crippen molar-refractivity contribution in [2.24, 2.45) is 5.73 Å². The van der Waals surface area contributed by atoms with Gasteiger partial charge < -0.3 is 15.8 Å². The van der Waals surface area contributed by atoms with E-state index in [1.807, 2.05) is 0 Å². The highest BCUT2D eigenvalue weighted by Crippen LogP contribution is 1.73. The van der Waals surface area contributed by atoms with Crippen molar-refractivity contribution in [1.29, 1.82) is 0 Å². The van der Waals surface area contributed by atoms with Crippen molar-refractivity contribution in [3.05, 3.63) is 0 Å². The highest BCUT2D eigenvalue weighted by atomic mass is 35.5. The Morgan fingerprint density at radius 3 is 2.73 bits per heavy atom. The van der Waals surface area contributed by atoms with Crippen LogP contribution in [0.4, 0.5) is 0 Å². The molecule has 4 nitrogen and oxygen atoms in total. The first-order valence-corrected chi connectivity index (χ1v) is 3.27. The summed E-state index contributed by atoms with van der Waals surface area (Å²) in [5, 5.41) is 2.64. The lowest BCUT2D eigenvalue weighted by atomic mass is 10.4. The molecule has 0 aliphatic carbocycles. The van der Waals surface area contributed by atoms with Gasteiger partial charge in [-0.2, -0.15) is 0 Å². The Balaban J connectivity index is 0. The van der Waals surface area contributed by atoms with Gasteiger partial charge in [-0.1, -0.05) is 0 Å². The first-order chi connectivity index (χ1) is 4.81. The summed E-state index contributed by atoms with van der Waals surface area (Å²) >= 11 is 0. The molecule has 68 valence electrons. The summed E-state index contributed by atoms with van der Waals surface area (Å²) in [7, 11) is 1.59. The number of nitrogens with one attached hydrogen (secondary N) is 1. The maximum atomic E-state index is 10.7. The largest absolute Gasteiger partial charge is 0.383 e. The van der Waals surface area contributed by atoms with Crippen LogP contribution in [0.15, 0.2) is 0 Å². The first-order valence-electron chi connectivity index (χ1n) is 3.27. The van der Waals surface area contributed by atoms with Crippen molar-refractivity contribution in [1.82, 2.24) is 5.32 Å². The van der Waals surface area contributed by atoms with Crippen LogP contribution >= 0.6 is 12.4 Å². The molecule has 0 rings (SSSR count). The number of hydrogen-bond donors (Lipinski definition) is 2. The fourth-order valence-corrected chi connectivity index (χ4v) is 0.512. The van der Waals surface area contributed by atoms with Crippen molar-refractivity contribution in [3.8, 4) is 0 Å². The standard InChI is InChI=1S/C6H14N2O2.ClH/c1-10-5-4-8-6(9)2-3-7;/h2-5,7H2,1H3,(H,8,9);1H. The number of methoxy groups -OCH3 is 1. The van der Waals surface area contributed by atoms with Gasteiger partial charge in [-0.25, -0.2) is 0 Å². The zero-order chi connectivity index (χ0) is 7.82. The molecule has 11 heavy (non-hydrogen) atoms. The fourth-order valence-electron chi connectivity index (χ4n) is 0.512. The molecule has 0 aromatic heterocycles. The van der Waals surface area contributed by atoms with Crippen LogP contribution in [0.1, 0.15) is 6.42 Å². The summed E-state index contributed by atoms with van der Waals surface area (Å²) in [4.78, 5) is 10.7. The predicted octanol–water partition coefficient (Wildman–Crippen LogP) is -0.480. The zero-order valence-corrected chi connectivity index (χ0v) is 7.45. The van der Waals surface area contributed by atoms with E-state index in [4.69, 9.17) is 10.5 Å². The molecule has 0 saturated carbocycles. The lowest BCUT2D eigenvalue weighted by molar-refractivity contribution is -0.121. The average Bonchev–Trinajstić information content (AvgIpc) is 1.89. The van der Waals surface area contributed by atoms with Crippen molar-refractivity contribution >= 4 is 18.3 Å². The van der Waals surface area contributed by atoms with Crippen LogP contribution in [0.2, 0.25) is 0 Å². The number of amides is 1. The molecule has 0 aliphatic rings. The molecule has 0 spiro atoms. The summed E-state index contributed by atoms with van der Waals surface area (Å²) in [5.41, 5.74) is 5.14. The van der Waals surface area contributed by atoms with Crippen LogP contribution in [-0.4, -0.2) is 32.7 Å². The van der Waals surface area contributed by atoms with E-state index >= 15 is 0 Å². The van der Waals surface area contributed by atoms with Gasteiger partial charge in [0.2, 0.25) is 5.91 Å². The van der Waals surface area contributed by atoms with Gasteiger partial charge in [0.25, 0.3) is 0 Å². The Bertz CT molecular complexity index is 101. The van der Waals surface area contributed by atoms with Crippen molar-refractivity contribution in [3.63, 3.8) is 0 Å². The second-order valence-corrected chi connectivity index (χ2v) is 1.88. The molecule has 0 fully saturated rings. The molecule has 0 bridgehead atoms. The molecule has 0 heterocycles. The van der Waals surface area contributed by atoms with Gasteiger partial charge in [-0.3, -0.25) is 4.79 Å². The minimum Gasteiger partial charge on any atom is -0.383 e.